The molecule has 134 valence electrons. The third-order valence-corrected chi connectivity index (χ3v) is 5.60. The summed E-state index contributed by atoms with van der Waals surface area (Å²) < 4.78 is 5.60. The molecule has 1 N–H and O–H groups in total. The molecule has 2 aliphatic rings. The van der Waals surface area contributed by atoms with E-state index in [0.717, 1.165) is 12.3 Å². The van der Waals surface area contributed by atoms with E-state index >= 15 is 0 Å². The minimum absolute atomic E-state index is 0.390. The average Bonchev–Trinajstić information content (AvgIpc) is 3.10. The van der Waals surface area contributed by atoms with Crippen molar-refractivity contribution >= 4 is 0 Å². The van der Waals surface area contributed by atoms with Crippen LogP contribution in [0, 0.1) is 0 Å². The van der Waals surface area contributed by atoms with Gasteiger partial charge in [-0.05, 0) is 83.5 Å². The number of methoxy groups -OCH3 is 1. The van der Waals surface area contributed by atoms with Crippen LogP contribution in [-0.2, 0) is 6.54 Å². The first kappa shape index (κ1) is 17.7. The highest BCUT2D eigenvalue weighted by Gasteiger charge is 2.20. The number of likely N-dealkylation sites (tertiary alicyclic amines) is 2. The van der Waals surface area contributed by atoms with Gasteiger partial charge in [0.05, 0.1) is 7.11 Å². The SMILES string of the molecule is COc1ccc([C@@H](C)NC2CCN(C)CC2)cc1CN1CCCC1. The van der Waals surface area contributed by atoms with Gasteiger partial charge in [-0.3, -0.25) is 4.90 Å². The van der Waals surface area contributed by atoms with Crippen LogP contribution in [0.3, 0.4) is 0 Å². The summed E-state index contributed by atoms with van der Waals surface area (Å²) in [5.41, 5.74) is 2.71. The second-order valence-electron chi connectivity index (χ2n) is 7.52. The fraction of sp³-hybridized carbons (Fsp3) is 0.700. The summed E-state index contributed by atoms with van der Waals surface area (Å²) in [6.07, 6.45) is 5.15. The molecule has 0 radical (unpaired) electrons. The summed E-state index contributed by atoms with van der Waals surface area (Å²) in [4.78, 5) is 4.96. The van der Waals surface area contributed by atoms with E-state index in [1.807, 2.05) is 0 Å². The maximum absolute atomic E-state index is 5.60. The molecule has 24 heavy (non-hydrogen) atoms. The van der Waals surface area contributed by atoms with Gasteiger partial charge < -0.3 is 15.0 Å². The van der Waals surface area contributed by atoms with Gasteiger partial charge >= 0.3 is 0 Å². The van der Waals surface area contributed by atoms with Crippen LogP contribution in [0.15, 0.2) is 18.2 Å². The van der Waals surface area contributed by atoms with Gasteiger partial charge in [0.1, 0.15) is 5.75 Å². The molecule has 0 aromatic heterocycles. The van der Waals surface area contributed by atoms with Crippen molar-refractivity contribution in [3.05, 3.63) is 29.3 Å². The van der Waals surface area contributed by atoms with Crippen molar-refractivity contribution < 1.29 is 4.74 Å². The van der Waals surface area contributed by atoms with Crippen LogP contribution >= 0.6 is 0 Å². The van der Waals surface area contributed by atoms with Crippen LogP contribution in [0.2, 0.25) is 0 Å². The first-order valence-corrected chi connectivity index (χ1v) is 9.49. The van der Waals surface area contributed by atoms with E-state index in [2.05, 4.69) is 47.3 Å². The maximum Gasteiger partial charge on any atom is 0.123 e. The second kappa shape index (κ2) is 8.32. The number of nitrogens with one attached hydrogen (secondary N) is 1. The van der Waals surface area contributed by atoms with E-state index in [-0.39, 0.29) is 0 Å². The molecule has 2 aliphatic heterocycles. The van der Waals surface area contributed by atoms with Crippen LogP contribution in [0.25, 0.3) is 0 Å². The zero-order valence-electron chi connectivity index (χ0n) is 15.6. The highest BCUT2D eigenvalue weighted by atomic mass is 16.5. The lowest BCUT2D eigenvalue weighted by molar-refractivity contribution is 0.226. The van der Waals surface area contributed by atoms with E-state index in [1.54, 1.807) is 7.11 Å². The Morgan fingerprint density at radius 2 is 1.88 bits per heavy atom. The zero-order valence-corrected chi connectivity index (χ0v) is 15.6. The van der Waals surface area contributed by atoms with Gasteiger partial charge in [0.15, 0.2) is 0 Å². The minimum Gasteiger partial charge on any atom is -0.496 e. The molecule has 4 heteroatoms. The largest absolute Gasteiger partial charge is 0.496 e. The molecule has 0 amide bonds. The van der Waals surface area contributed by atoms with E-state index < -0.39 is 0 Å². The smallest absolute Gasteiger partial charge is 0.123 e. The number of piperidine rings is 1. The predicted molar refractivity (Wildman–Crippen MR) is 99.6 cm³/mol. The quantitative estimate of drug-likeness (QED) is 0.867. The topological polar surface area (TPSA) is 27.7 Å². The summed E-state index contributed by atoms with van der Waals surface area (Å²) >= 11 is 0. The van der Waals surface area contributed by atoms with E-state index in [1.165, 1.54) is 63.0 Å². The molecule has 1 atom stereocenters. The second-order valence-corrected chi connectivity index (χ2v) is 7.52. The lowest BCUT2D eigenvalue weighted by atomic mass is 10.00. The summed E-state index contributed by atoms with van der Waals surface area (Å²) in [7, 11) is 4.00. The Kier molecular flexibility index (Phi) is 6.14. The fourth-order valence-electron chi connectivity index (χ4n) is 4.00. The Balaban J connectivity index is 1.65. The molecule has 1 aromatic carbocycles. The van der Waals surface area contributed by atoms with Gasteiger partial charge in [-0.1, -0.05) is 6.07 Å². The van der Waals surface area contributed by atoms with Crippen LogP contribution in [-0.4, -0.2) is 56.2 Å². The first-order valence-electron chi connectivity index (χ1n) is 9.49. The molecule has 0 bridgehead atoms. The summed E-state index contributed by atoms with van der Waals surface area (Å²) in [5.74, 6) is 1.03. The van der Waals surface area contributed by atoms with Crippen LogP contribution < -0.4 is 10.1 Å². The predicted octanol–water partition coefficient (Wildman–Crippen LogP) is 3.04. The van der Waals surface area contributed by atoms with Gasteiger partial charge in [-0.25, -0.2) is 0 Å². The van der Waals surface area contributed by atoms with Crippen molar-refractivity contribution in [1.29, 1.82) is 0 Å². The monoisotopic (exact) mass is 331 g/mol. The molecule has 2 saturated heterocycles. The molecule has 0 unspecified atom stereocenters. The standard InChI is InChI=1S/C20H33N3O/c1-16(21-19-8-12-22(2)13-9-19)17-6-7-20(24-3)18(14-17)15-23-10-4-5-11-23/h6-7,14,16,19,21H,4-5,8-13,15H2,1-3H3/t16-/m1/s1. The normalized spacial score (nSPS) is 22.0. The van der Waals surface area contributed by atoms with E-state index in [9.17, 15) is 0 Å². The van der Waals surface area contributed by atoms with E-state index in [4.69, 9.17) is 4.74 Å². The van der Waals surface area contributed by atoms with Crippen molar-refractivity contribution in [2.75, 3.05) is 40.3 Å². The lowest BCUT2D eigenvalue weighted by Gasteiger charge is -2.32. The van der Waals surface area contributed by atoms with Gasteiger partial charge in [-0.15, -0.1) is 0 Å². The van der Waals surface area contributed by atoms with Crippen molar-refractivity contribution in [1.82, 2.24) is 15.1 Å². The maximum atomic E-state index is 5.60. The number of benzene rings is 1. The molecule has 0 saturated carbocycles. The Hall–Kier alpha value is -1.10. The molecule has 2 heterocycles. The van der Waals surface area contributed by atoms with Gasteiger partial charge in [0.2, 0.25) is 0 Å². The zero-order chi connectivity index (χ0) is 16.9. The number of ether oxygens (including phenoxy) is 1. The van der Waals surface area contributed by atoms with Crippen molar-refractivity contribution in [3.8, 4) is 5.75 Å². The average molecular weight is 332 g/mol. The summed E-state index contributed by atoms with van der Waals surface area (Å²) in [5, 5.41) is 3.83. The Bertz CT molecular complexity index is 520. The Labute approximate surface area is 147 Å². The van der Waals surface area contributed by atoms with Crippen LogP contribution in [0.1, 0.15) is 49.8 Å². The van der Waals surface area contributed by atoms with Crippen molar-refractivity contribution in [2.24, 2.45) is 0 Å². The molecule has 0 spiro atoms. The van der Waals surface area contributed by atoms with Crippen LogP contribution in [0.5, 0.6) is 5.75 Å². The molecule has 1 aromatic rings. The first-order chi connectivity index (χ1) is 11.7. The lowest BCUT2D eigenvalue weighted by Crippen LogP contribution is -2.41. The third kappa shape index (κ3) is 4.50. The minimum atomic E-state index is 0.390. The summed E-state index contributed by atoms with van der Waals surface area (Å²) in [6.45, 7) is 8.14. The highest BCUT2D eigenvalue weighted by molar-refractivity contribution is 5.38. The summed E-state index contributed by atoms with van der Waals surface area (Å²) in [6, 6.07) is 7.75. The van der Waals surface area contributed by atoms with Gasteiger partial charge in [-0.2, -0.15) is 0 Å². The Morgan fingerprint density at radius 3 is 2.54 bits per heavy atom. The molecule has 4 nitrogen and oxygen atoms in total. The molecule has 2 fully saturated rings. The van der Waals surface area contributed by atoms with Crippen molar-refractivity contribution in [3.63, 3.8) is 0 Å². The molecular formula is C20H33N3O. The van der Waals surface area contributed by atoms with Gasteiger partial charge in [0, 0.05) is 24.2 Å². The van der Waals surface area contributed by atoms with Crippen LogP contribution in [0.4, 0.5) is 0 Å². The molecule has 3 rings (SSSR count). The fourth-order valence-corrected chi connectivity index (χ4v) is 4.00. The number of hydrogen-bond acceptors (Lipinski definition) is 4. The molecular weight excluding hydrogens is 298 g/mol. The highest BCUT2D eigenvalue weighted by Crippen LogP contribution is 2.26. The third-order valence-electron chi connectivity index (χ3n) is 5.60. The van der Waals surface area contributed by atoms with Crippen molar-refractivity contribution in [2.45, 2.75) is 51.2 Å². The van der Waals surface area contributed by atoms with Gasteiger partial charge in [0.25, 0.3) is 0 Å². The molecule has 0 aliphatic carbocycles. The number of nitrogens with zero attached hydrogens (tertiary/aromatic N) is 2. The number of hydrogen-bond donors (Lipinski definition) is 1. The number of rotatable bonds is 6. The Morgan fingerprint density at radius 1 is 1.17 bits per heavy atom. The van der Waals surface area contributed by atoms with E-state index in [0.29, 0.717) is 12.1 Å².